The van der Waals surface area contributed by atoms with E-state index in [1.807, 2.05) is 17.5 Å². The van der Waals surface area contributed by atoms with Crippen LogP contribution in [-0.4, -0.2) is 61.1 Å². The molecule has 1 N–H and O–H groups in total. The first-order chi connectivity index (χ1) is 9.95. The van der Waals surface area contributed by atoms with Crippen molar-refractivity contribution in [1.29, 1.82) is 0 Å². The highest BCUT2D eigenvalue weighted by molar-refractivity contribution is 7.11. The molecule has 0 amide bonds. The lowest BCUT2D eigenvalue weighted by atomic mass is 9.98. The fraction of sp³-hybridized carbons (Fsp3) is 0.812. The molecule has 21 heavy (non-hydrogen) atoms. The van der Waals surface area contributed by atoms with Crippen molar-refractivity contribution in [3.8, 4) is 0 Å². The minimum atomic E-state index is 0.171. The first-order valence-corrected chi connectivity index (χ1v) is 8.83. The van der Waals surface area contributed by atoms with Gasteiger partial charge in [0.1, 0.15) is 0 Å². The van der Waals surface area contributed by atoms with Crippen LogP contribution in [0.5, 0.6) is 0 Å². The molecule has 2 rings (SSSR count). The molecular formula is C16H30N4S. The lowest BCUT2D eigenvalue weighted by Crippen LogP contribution is -2.45. The van der Waals surface area contributed by atoms with E-state index in [4.69, 9.17) is 0 Å². The van der Waals surface area contributed by atoms with Crippen LogP contribution in [0, 0.1) is 0 Å². The maximum Gasteiger partial charge on any atom is 0.0981 e. The third-order valence-electron chi connectivity index (χ3n) is 3.92. The Morgan fingerprint density at radius 3 is 2.57 bits per heavy atom. The van der Waals surface area contributed by atoms with Gasteiger partial charge in [-0.15, -0.1) is 11.3 Å². The molecule has 0 saturated carbocycles. The second-order valence-electron chi connectivity index (χ2n) is 7.06. The lowest BCUT2D eigenvalue weighted by Gasteiger charge is -2.32. The van der Waals surface area contributed by atoms with Gasteiger partial charge in [-0.3, -0.25) is 0 Å². The molecule has 0 bridgehead atoms. The molecule has 1 aromatic rings. The lowest BCUT2D eigenvalue weighted by molar-refractivity contribution is 0.153. The Morgan fingerprint density at radius 1 is 1.24 bits per heavy atom. The average molecular weight is 311 g/mol. The van der Waals surface area contributed by atoms with Crippen LogP contribution in [0.2, 0.25) is 0 Å². The normalized spacial score (nSPS) is 18.3. The van der Waals surface area contributed by atoms with Crippen molar-refractivity contribution in [1.82, 2.24) is 20.1 Å². The molecule has 0 aromatic carbocycles. The Morgan fingerprint density at radius 2 is 1.95 bits per heavy atom. The zero-order valence-corrected chi connectivity index (χ0v) is 14.8. The van der Waals surface area contributed by atoms with Gasteiger partial charge in [0, 0.05) is 49.2 Å². The third kappa shape index (κ3) is 5.66. The Balaban J connectivity index is 1.58. The molecule has 4 nitrogen and oxygen atoms in total. The van der Waals surface area contributed by atoms with Gasteiger partial charge in [-0.05, 0) is 26.6 Å². The quantitative estimate of drug-likeness (QED) is 0.816. The number of hydrogen-bond donors (Lipinski definition) is 1. The van der Waals surface area contributed by atoms with E-state index in [1.54, 1.807) is 0 Å². The summed E-state index contributed by atoms with van der Waals surface area (Å²) in [6.45, 7) is 14.8. The molecule has 1 aliphatic heterocycles. The standard InChI is InChI=1S/C16H30N4S/c1-16(2,3)15-18-13-14(21-15)12-17-6-5-7-20-10-8-19(4)9-11-20/h13,17H,5-12H2,1-4H3. The molecule has 1 aliphatic rings. The summed E-state index contributed by atoms with van der Waals surface area (Å²) >= 11 is 1.84. The van der Waals surface area contributed by atoms with Gasteiger partial charge in [-0.1, -0.05) is 20.8 Å². The zero-order valence-electron chi connectivity index (χ0n) is 14.0. The number of thiazole rings is 1. The number of nitrogens with one attached hydrogen (secondary N) is 1. The van der Waals surface area contributed by atoms with Crippen LogP contribution in [0.1, 0.15) is 37.1 Å². The van der Waals surface area contributed by atoms with Gasteiger partial charge in [0.25, 0.3) is 0 Å². The first kappa shape index (κ1) is 16.9. The van der Waals surface area contributed by atoms with Gasteiger partial charge in [-0.2, -0.15) is 0 Å². The highest BCUT2D eigenvalue weighted by Gasteiger charge is 2.17. The SMILES string of the molecule is CN1CCN(CCCNCc2cnc(C(C)(C)C)s2)CC1. The Kier molecular flexibility index (Phi) is 6.17. The van der Waals surface area contributed by atoms with Crippen molar-refractivity contribution < 1.29 is 0 Å². The largest absolute Gasteiger partial charge is 0.312 e. The molecule has 0 aliphatic carbocycles. The summed E-state index contributed by atoms with van der Waals surface area (Å²) in [5, 5.41) is 4.78. The van der Waals surface area contributed by atoms with Gasteiger partial charge in [-0.25, -0.2) is 4.98 Å². The van der Waals surface area contributed by atoms with E-state index in [2.05, 4.69) is 47.9 Å². The number of rotatable bonds is 6. The van der Waals surface area contributed by atoms with E-state index in [-0.39, 0.29) is 5.41 Å². The minimum absolute atomic E-state index is 0.171. The number of hydrogen-bond acceptors (Lipinski definition) is 5. The van der Waals surface area contributed by atoms with Crippen molar-refractivity contribution in [3.05, 3.63) is 16.1 Å². The average Bonchev–Trinajstić information content (AvgIpc) is 2.89. The number of likely N-dealkylation sites (N-methyl/N-ethyl adjacent to an activating group) is 1. The smallest absolute Gasteiger partial charge is 0.0981 e. The fourth-order valence-corrected chi connectivity index (χ4v) is 3.39. The minimum Gasteiger partial charge on any atom is -0.312 e. The maximum atomic E-state index is 4.53. The predicted octanol–water partition coefficient (Wildman–Crippen LogP) is 2.17. The van der Waals surface area contributed by atoms with Crippen LogP contribution in [0.4, 0.5) is 0 Å². The van der Waals surface area contributed by atoms with Crippen molar-refractivity contribution in [3.63, 3.8) is 0 Å². The van der Waals surface area contributed by atoms with E-state index in [0.29, 0.717) is 0 Å². The second kappa shape index (κ2) is 7.68. The van der Waals surface area contributed by atoms with E-state index in [9.17, 15) is 0 Å². The molecule has 1 aromatic heterocycles. The molecule has 0 unspecified atom stereocenters. The topological polar surface area (TPSA) is 31.4 Å². The zero-order chi connectivity index (χ0) is 15.3. The van der Waals surface area contributed by atoms with Crippen molar-refractivity contribution in [2.45, 2.75) is 39.2 Å². The molecule has 0 radical (unpaired) electrons. The van der Waals surface area contributed by atoms with Crippen molar-refractivity contribution in [2.75, 3.05) is 46.3 Å². The second-order valence-corrected chi connectivity index (χ2v) is 8.17. The molecule has 1 saturated heterocycles. The van der Waals surface area contributed by atoms with Crippen LogP contribution < -0.4 is 5.32 Å². The van der Waals surface area contributed by atoms with Crippen LogP contribution in [-0.2, 0) is 12.0 Å². The number of piperazine rings is 1. The molecular weight excluding hydrogens is 280 g/mol. The van der Waals surface area contributed by atoms with Crippen LogP contribution in [0.3, 0.4) is 0 Å². The van der Waals surface area contributed by atoms with Gasteiger partial charge >= 0.3 is 0 Å². The van der Waals surface area contributed by atoms with E-state index < -0.39 is 0 Å². The van der Waals surface area contributed by atoms with E-state index in [1.165, 1.54) is 49.0 Å². The van der Waals surface area contributed by atoms with Crippen molar-refractivity contribution in [2.24, 2.45) is 0 Å². The van der Waals surface area contributed by atoms with E-state index >= 15 is 0 Å². The first-order valence-electron chi connectivity index (χ1n) is 8.02. The summed E-state index contributed by atoms with van der Waals surface area (Å²) < 4.78 is 0. The molecule has 2 heterocycles. The fourth-order valence-electron chi connectivity index (χ4n) is 2.45. The highest BCUT2D eigenvalue weighted by atomic mass is 32.1. The summed E-state index contributed by atoms with van der Waals surface area (Å²) in [6.07, 6.45) is 3.26. The summed E-state index contributed by atoms with van der Waals surface area (Å²) in [6, 6.07) is 0. The van der Waals surface area contributed by atoms with E-state index in [0.717, 1.165) is 13.1 Å². The molecule has 120 valence electrons. The van der Waals surface area contributed by atoms with Crippen LogP contribution in [0.15, 0.2) is 6.20 Å². The monoisotopic (exact) mass is 310 g/mol. The van der Waals surface area contributed by atoms with Gasteiger partial charge < -0.3 is 15.1 Å². The Bertz CT molecular complexity index is 416. The molecule has 1 fully saturated rings. The third-order valence-corrected chi connectivity index (χ3v) is 5.34. The van der Waals surface area contributed by atoms with Gasteiger partial charge in [0.05, 0.1) is 5.01 Å². The maximum absolute atomic E-state index is 4.53. The van der Waals surface area contributed by atoms with Gasteiger partial charge in [0.15, 0.2) is 0 Å². The molecule has 0 spiro atoms. The summed E-state index contributed by atoms with van der Waals surface area (Å²) in [7, 11) is 2.21. The van der Waals surface area contributed by atoms with Crippen LogP contribution in [0.25, 0.3) is 0 Å². The highest BCUT2D eigenvalue weighted by Crippen LogP contribution is 2.26. The Hall–Kier alpha value is -0.490. The van der Waals surface area contributed by atoms with Crippen molar-refractivity contribution >= 4 is 11.3 Å². The summed E-state index contributed by atoms with van der Waals surface area (Å²) in [5.41, 5.74) is 0.171. The van der Waals surface area contributed by atoms with Gasteiger partial charge in [0.2, 0.25) is 0 Å². The molecule has 0 atom stereocenters. The summed E-state index contributed by atoms with van der Waals surface area (Å²) in [5.74, 6) is 0. The Labute approximate surface area is 133 Å². The molecule has 5 heteroatoms. The summed E-state index contributed by atoms with van der Waals surface area (Å²) in [4.78, 5) is 10.9. The number of nitrogens with zero attached hydrogens (tertiary/aromatic N) is 3. The van der Waals surface area contributed by atoms with Crippen LogP contribution >= 0.6 is 11.3 Å². The predicted molar refractivity (Wildman–Crippen MR) is 91.1 cm³/mol. The number of aromatic nitrogens is 1.